The van der Waals surface area contributed by atoms with Crippen molar-refractivity contribution in [1.82, 2.24) is 4.90 Å². The Kier molecular flexibility index (Phi) is 6.27. The van der Waals surface area contributed by atoms with E-state index in [0.717, 1.165) is 29.7 Å². The van der Waals surface area contributed by atoms with Crippen LogP contribution in [0.4, 0.5) is 0 Å². The van der Waals surface area contributed by atoms with Crippen molar-refractivity contribution >= 4 is 0 Å². The molecule has 1 heterocycles. The average molecular weight is 403 g/mol. The van der Waals surface area contributed by atoms with Crippen LogP contribution in [0.2, 0.25) is 0 Å². The number of nitrogens with zero attached hydrogens (tertiary/aromatic N) is 1. The molecule has 7 heteroatoms. The molecule has 0 spiro atoms. The van der Waals surface area contributed by atoms with Crippen LogP contribution in [0.3, 0.4) is 0 Å². The highest BCUT2D eigenvalue weighted by molar-refractivity contribution is 5.64. The Morgan fingerprint density at radius 1 is 0.690 bits per heavy atom. The predicted octanol–water partition coefficient (Wildman–Crippen LogP) is 3.32. The van der Waals surface area contributed by atoms with Gasteiger partial charge >= 0.3 is 0 Å². The first-order valence-electron chi connectivity index (χ1n) is 9.36. The number of hydrogen-bond acceptors (Lipinski definition) is 7. The number of hydrogen-bond donors (Lipinski definition) is 0. The van der Waals surface area contributed by atoms with Gasteiger partial charge in [0.05, 0.1) is 48.7 Å². The summed E-state index contributed by atoms with van der Waals surface area (Å²) >= 11 is 0. The maximum atomic E-state index is 5.82. The fourth-order valence-corrected chi connectivity index (χ4v) is 4.06. The Hall–Kier alpha value is -2.80. The van der Waals surface area contributed by atoms with E-state index in [2.05, 4.69) is 11.9 Å². The third-order valence-electron chi connectivity index (χ3n) is 5.40. The molecule has 0 aromatic heterocycles. The monoisotopic (exact) mass is 403 g/mol. The lowest BCUT2D eigenvalue weighted by Crippen LogP contribution is -2.33. The molecule has 1 atom stereocenters. The van der Waals surface area contributed by atoms with Crippen molar-refractivity contribution < 1.29 is 28.4 Å². The van der Waals surface area contributed by atoms with Crippen LogP contribution in [0.5, 0.6) is 34.5 Å². The van der Waals surface area contributed by atoms with E-state index >= 15 is 0 Å². The number of ether oxygens (including phenoxy) is 6. The highest BCUT2D eigenvalue weighted by atomic mass is 16.5. The molecular weight excluding hydrogens is 374 g/mol. The third kappa shape index (κ3) is 3.51. The van der Waals surface area contributed by atoms with Gasteiger partial charge in [-0.05, 0) is 42.8 Å². The highest BCUT2D eigenvalue weighted by Gasteiger charge is 2.34. The number of benzene rings is 2. The summed E-state index contributed by atoms with van der Waals surface area (Å²) in [7, 11) is 11.8. The van der Waals surface area contributed by atoms with Crippen molar-refractivity contribution in [3.05, 3.63) is 34.9 Å². The van der Waals surface area contributed by atoms with E-state index in [9.17, 15) is 0 Å². The minimum absolute atomic E-state index is 0.0813. The fourth-order valence-electron chi connectivity index (χ4n) is 4.06. The summed E-state index contributed by atoms with van der Waals surface area (Å²) in [5, 5.41) is 0. The topological polar surface area (TPSA) is 58.6 Å². The van der Waals surface area contributed by atoms with Crippen molar-refractivity contribution in [2.24, 2.45) is 0 Å². The van der Waals surface area contributed by atoms with Gasteiger partial charge in [0.2, 0.25) is 11.5 Å². The number of methoxy groups -OCH3 is 6. The molecule has 7 nitrogen and oxygen atoms in total. The first-order chi connectivity index (χ1) is 14.0. The van der Waals surface area contributed by atoms with Gasteiger partial charge in [0.1, 0.15) is 0 Å². The fraction of sp³-hybridized carbons (Fsp3) is 0.455. The molecule has 0 radical (unpaired) electrons. The van der Waals surface area contributed by atoms with Crippen LogP contribution in [0.25, 0.3) is 0 Å². The van der Waals surface area contributed by atoms with Gasteiger partial charge in [-0.15, -0.1) is 0 Å². The average Bonchev–Trinajstić information content (AvgIpc) is 2.76. The number of rotatable bonds is 7. The summed E-state index contributed by atoms with van der Waals surface area (Å²) in [5.41, 5.74) is 3.22. The van der Waals surface area contributed by atoms with Crippen LogP contribution in [0, 0.1) is 0 Å². The van der Waals surface area contributed by atoms with Crippen molar-refractivity contribution in [3.63, 3.8) is 0 Å². The van der Waals surface area contributed by atoms with Crippen LogP contribution in [0.1, 0.15) is 22.7 Å². The van der Waals surface area contributed by atoms with Crippen LogP contribution in [0.15, 0.2) is 18.2 Å². The quantitative estimate of drug-likeness (QED) is 0.703. The van der Waals surface area contributed by atoms with E-state index in [-0.39, 0.29) is 6.04 Å². The first-order valence-corrected chi connectivity index (χ1v) is 9.36. The molecule has 0 unspecified atom stereocenters. The van der Waals surface area contributed by atoms with Gasteiger partial charge in [-0.1, -0.05) is 0 Å². The second kappa shape index (κ2) is 8.69. The zero-order valence-corrected chi connectivity index (χ0v) is 18.1. The van der Waals surface area contributed by atoms with E-state index in [1.165, 1.54) is 0 Å². The molecule has 3 rings (SSSR count). The van der Waals surface area contributed by atoms with E-state index in [0.29, 0.717) is 34.5 Å². The molecule has 0 saturated heterocycles. The molecule has 1 aliphatic heterocycles. The maximum absolute atomic E-state index is 5.82. The Bertz CT molecular complexity index is 857. The zero-order valence-electron chi connectivity index (χ0n) is 18.1. The minimum Gasteiger partial charge on any atom is -0.493 e. The molecule has 29 heavy (non-hydrogen) atoms. The zero-order chi connectivity index (χ0) is 21.1. The van der Waals surface area contributed by atoms with E-state index in [4.69, 9.17) is 28.4 Å². The summed E-state index contributed by atoms with van der Waals surface area (Å²) < 4.78 is 33.6. The molecule has 0 saturated carbocycles. The molecule has 0 aliphatic carbocycles. The highest BCUT2D eigenvalue weighted by Crippen LogP contribution is 2.50. The SMILES string of the molecule is COc1cc([C@@H]2c3c(cc(OC)c(OC)c3OC)CCN2C)cc(OC)c1OC. The standard InChI is InChI=1S/C22H29NO6/c1-23-9-8-13-10-17(26-4)21(28-6)22(29-7)18(13)19(23)14-11-15(24-2)20(27-5)16(12-14)25-3/h10-12,19H,8-9H2,1-7H3/t19-/m1/s1. The van der Waals surface area contributed by atoms with Crippen LogP contribution >= 0.6 is 0 Å². The van der Waals surface area contributed by atoms with Crippen molar-refractivity contribution in [2.75, 3.05) is 56.3 Å². The smallest absolute Gasteiger partial charge is 0.203 e. The third-order valence-corrected chi connectivity index (χ3v) is 5.40. The second-order valence-corrected chi connectivity index (χ2v) is 6.81. The van der Waals surface area contributed by atoms with Gasteiger partial charge in [0.25, 0.3) is 0 Å². The van der Waals surface area contributed by atoms with Gasteiger partial charge in [0.15, 0.2) is 23.0 Å². The van der Waals surface area contributed by atoms with Gasteiger partial charge in [-0.3, -0.25) is 4.90 Å². The molecular formula is C22H29NO6. The van der Waals surface area contributed by atoms with Crippen LogP contribution in [-0.2, 0) is 6.42 Å². The summed E-state index contributed by atoms with van der Waals surface area (Å²) in [6, 6.07) is 5.91. The second-order valence-electron chi connectivity index (χ2n) is 6.81. The largest absolute Gasteiger partial charge is 0.493 e. The molecule has 1 aliphatic rings. The lowest BCUT2D eigenvalue weighted by Gasteiger charge is -2.37. The van der Waals surface area contributed by atoms with Crippen LogP contribution in [-0.4, -0.2) is 61.2 Å². The molecule has 2 aromatic rings. The van der Waals surface area contributed by atoms with E-state index in [1.807, 2.05) is 18.2 Å². The van der Waals surface area contributed by atoms with Gasteiger partial charge < -0.3 is 28.4 Å². The Morgan fingerprint density at radius 3 is 1.69 bits per heavy atom. The normalized spacial score (nSPS) is 16.0. The summed E-state index contributed by atoms with van der Waals surface area (Å²) in [5.74, 6) is 3.71. The Balaban J connectivity index is 2.28. The lowest BCUT2D eigenvalue weighted by atomic mass is 9.86. The van der Waals surface area contributed by atoms with E-state index in [1.54, 1.807) is 42.7 Å². The maximum Gasteiger partial charge on any atom is 0.203 e. The molecule has 0 N–H and O–H groups in total. The molecule has 158 valence electrons. The van der Waals surface area contributed by atoms with Crippen molar-refractivity contribution in [2.45, 2.75) is 12.5 Å². The van der Waals surface area contributed by atoms with Gasteiger partial charge in [-0.2, -0.15) is 0 Å². The number of fused-ring (bicyclic) bond motifs is 1. The van der Waals surface area contributed by atoms with Gasteiger partial charge in [0, 0.05) is 12.1 Å². The van der Waals surface area contributed by atoms with Crippen molar-refractivity contribution in [3.8, 4) is 34.5 Å². The Labute approximate surface area is 172 Å². The summed E-state index contributed by atoms with van der Waals surface area (Å²) in [4.78, 5) is 2.28. The molecule has 0 amide bonds. The number of likely N-dealkylation sites (N-methyl/N-ethyl adjacent to an activating group) is 1. The summed E-state index contributed by atoms with van der Waals surface area (Å²) in [6.45, 7) is 0.882. The molecule has 2 aromatic carbocycles. The van der Waals surface area contributed by atoms with Crippen molar-refractivity contribution in [1.29, 1.82) is 0 Å². The minimum atomic E-state index is -0.0813. The first kappa shape index (κ1) is 20.9. The predicted molar refractivity (Wildman–Crippen MR) is 110 cm³/mol. The van der Waals surface area contributed by atoms with Crippen LogP contribution < -0.4 is 28.4 Å². The molecule has 0 fully saturated rings. The van der Waals surface area contributed by atoms with Gasteiger partial charge in [-0.25, -0.2) is 0 Å². The lowest BCUT2D eigenvalue weighted by molar-refractivity contribution is 0.248. The summed E-state index contributed by atoms with van der Waals surface area (Å²) in [6.07, 6.45) is 0.878. The Morgan fingerprint density at radius 2 is 1.21 bits per heavy atom. The van der Waals surface area contributed by atoms with E-state index < -0.39 is 0 Å². The molecule has 0 bridgehead atoms.